The summed E-state index contributed by atoms with van der Waals surface area (Å²) in [5.74, 6) is 0.891. The number of benzene rings is 1. The molecule has 1 heterocycles. The lowest BCUT2D eigenvalue weighted by atomic mass is 10.2. The molecule has 1 aromatic heterocycles. The van der Waals surface area contributed by atoms with Crippen molar-refractivity contribution in [1.82, 2.24) is 9.55 Å². The third-order valence-electron chi connectivity index (χ3n) is 2.15. The van der Waals surface area contributed by atoms with Crippen LogP contribution in [-0.2, 0) is 6.54 Å². The van der Waals surface area contributed by atoms with Gasteiger partial charge in [-0.25, -0.2) is 4.98 Å². The fourth-order valence-corrected chi connectivity index (χ4v) is 1.89. The van der Waals surface area contributed by atoms with Crippen molar-refractivity contribution in [1.29, 1.82) is 0 Å². The van der Waals surface area contributed by atoms with Crippen LogP contribution in [0.1, 0.15) is 5.56 Å². The van der Waals surface area contributed by atoms with Gasteiger partial charge in [-0.3, -0.25) is 0 Å². The zero-order chi connectivity index (χ0) is 10.7. The van der Waals surface area contributed by atoms with Crippen LogP contribution in [0.4, 0.5) is 0 Å². The summed E-state index contributed by atoms with van der Waals surface area (Å²) in [5, 5.41) is 0. The first kappa shape index (κ1) is 10.5. The topological polar surface area (TPSA) is 27.1 Å². The lowest BCUT2D eigenvalue weighted by molar-refractivity contribution is 0.414. The van der Waals surface area contributed by atoms with Gasteiger partial charge in [0.2, 0.25) is 0 Å². The van der Waals surface area contributed by atoms with E-state index in [-0.39, 0.29) is 0 Å². The Morgan fingerprint density at radius 2 is 2.33 bits per heavy atom. The second-order valence-corrected chi connectivity index (χ2v) is 4.14. The van der Waals surface area contributed by atoms with E-state index in [1.165, 1.54) is 5.56 Å². The zero-order valence-electron chi connectivity index (χ0n) is 8.35. The highest BCUT2D eigenvalue weighted by atomic mass is 127. The quantitative estimate of drug-likeness (QED) is 0.814. The maximum absolute atomic E-state index is 5.18. The molecule has 0 unspecified atom stereocenters. The fraction of sp³-hybridized carbons (Fsp3) is 0.182. The minimum absolute atomic E-state index is 0.829. The number of hydrogen-bond donors (Lipinski definition) is 0. The van der Waals surface area contributed by atoms with E-state index >= 15 is 0 Å². The molecule has 0 spiro atoms. The number of halogens is 1. The van der Waals surface area contributed by atoms with E-state index in [1.54, 1.807) is 7.11 Å². The number of imidazole rings is 1. The molecule has 78 valence electrons. The number of methoxy groups -OCH3 is 1. The minimum Gasteiger partial charge on any atom is -0.497 e. The fourth-order valence-electron chi connectivity index (χ4n) is 1.40. The number of hydrogen-bond acceptors (Lipinski definition) is 2. The smallest absolute Gasteiger partial charge is 0.171 e. The van der Waals surface area contributed by atoms with E-state index < -0.39 is 0 Å². The average Bonchev–Trinajstić information content (AvgIpc) is 2.65. The molecule has 0 aliphatic carbocycles. The van der Waals surface area contributed by atoms with Crippen molar-refractivity contribution in [2.45, 2.75) is 6.54 Å². The van der Waals surface area contributed by atoms with Crippen molar-refractivity contribution < 1.29 is 4.74 Å². The van der Waals surface area contributed by atoms with E-state index in [9.17, 15) is 0 Å². The van der Waals surface area contributed by atoms with Crippen LogP contribution in [0.5, 0.6) is 5.75 Å². The molecule has 3 nitrogen and oxygen atoms in total. The number of rotatable bonds is 3. The summed E-state index contributed by atoms with van der Waals surface area (Å²) in [6, 6.07) is 8.06. The molecule has 2 rings (SSSR count). The van der Waals surface area contributed by atoms with Crippen LogP contribution in [0.2, 0.25) is 0 Å². The Balaban J connectivity index is 2.21. The first-order chi connectivity index (χ1) is 7.29. The van der Waals surface area contributed by atoms with E-state index in [0.29, 0.717) is 0 Å². The molecule has 0 N–H and O–H groups in total. The highest BCUT2D eigenvalue weighted by Crippen LogP contribution is 2.14. The Bertz CT molecular complexity index is 453. The molecule has 0 saturated carbocycles. The largest absolute Gasteiger partial charge is 0.497 e. The second kappa shape index (κ2) is 4.65. The van der Waals surface area contributed by atoms with E-state index in [4.69, 9.17) is 4.74 Å². The number of nitrogens with zero attached hydrogens (tertiary/aromatic N) is 2. The molecule has 0 bridgehead atoms. The summed E-state index contributed by atoms with van der Waals surface area (Å²) in [6.45, 7) is 0.829. The Hall–Kier alpha value is -1.04. The maximum atomic E-state index is 5.18. The standard InChI is InChI=1S/C11H11IN2O/c1-15-10-4-2-3-9(7-10)8-14-6-5-13-11(14)12/h2-7H,8H2,1H3. The predicted octanol–water partition coefficient (Wildman–Crippen LogP) is 2.54. The van der Waals surface area contributed by atoms with Crippen LogP contribution in [0.15, 0.2) is 36.7 Å². The Labute approximate surface area is 102 Å². The van der Waals surface area contributed by atoms with Crippen LogP contribution >= 0.6 is 22.6 Å². The van der Waals surface area contributed by atoms with Gasteiger partial charge in [0.25, 0.3) is 0 Å². The van der Waals surface area contributed by atoms with Gasteiger partial charge in [-0.1, -0.05) is 12.1 Å². The van der Waals surface area contributed by atoms with Crippen molar-refractivity contribution in [3.8, 4) is 5.75 Å². The summed E-state index contributed by atoms with van der Waals surface area (Å²) >= 11 is 2.22. The van der Waals surface area contributed by atoms with Gasteiger partial charge in [0, 0.05) is 18.9 Å². The van der Waals surface area contributed by atoms with Crippen LogP contribution < -0.4 is 4.74 Å². The molecule has 2 aromatic rings. The van der Waals surface area contributed by atoms with Crippen LogP contribution in [0.25, 0.3) is 0 Å². The summed E-state index contributed by atoms with van der Waals surface area (Å²) in [4.78, 5) is 4.17. The number of aromatic nitrogens is 2. The highest BCUT2D eigenvalue weighted by Gasteiger charge is 2.00. The van der Waals surface area contributed by atoms with Gasteiger partial charge in [-0.05, 0) is 40.3 Å². The Morgan fingerprint density at radius 3 is 3.00 bits per heavy atom. The van der Waals surface area contributed by atoms with Gasteiger partial charge >= 0.3 is 0 Å². The second-order valence-electron chi connectivity index (χ2n) is 3.18. The molecular formula is C11H11IN2O. The van der Waals surface area contributed by atoms with Gasteiger partial charge in [0.1, 0.15) is 5.75 Å². The summed E-state index contributed by atoms with van der Waals surface area (Å²) in [7, 11) is 1.68. The van der Waals surface area contributed by atoms with Crippen LogP contribution in [-0.4, -0.2) is 16.7 Å². The summed E-state index contributed by atoms with van der Waals surface area (Å²) in [6.07, 6.45) is 3.78. The van der Waals surface area contributed by atoms with E-state index in [2.05, 4.69) is 38.2 Å². The van der Waals surface area contributed by atoms with Gasteiger partial charge in [0.15, 0.2) is 3.83 Å². The molecule has 0 amide bonds. The SMILES string of the molecule is COc1cccc(Cn2ccnc2I)c1. The van der Waals surface area contributed by atoms with Crippen molar-refractivity contribution in [2.75, 3.05) is 7.11 Å². The lowest BCUT2D eigenvalue weighted by Crippen LogP contribution is -2.00. The van der Waals surface area contributed by atoms with Crippen molar-refractivity contribution in [3.63, 3.8) is 0 Å². The maximum Gasteiger partial charge on any atom is 0.171 e. The molecule has 0 fully saturated rings. The zero-order valence-corrected chi connectivity index (χ0v) is 10.5. The molecule has 0 radical (unpaired) electrons. The van der Waals surface area contributed by atoms with Gasteiger partial charge in [-0.2, -0.15) is 0 Å². The minimum atomic E-state index is 0.829. The van der Waals surface area contributed by atoms with Crippen molar-refractivity contribution >= 4 is 22.6 Å². The van der Waals surface area contributed by atoms with Crippen molar-refractivity contribution in [2.24, 2.45) is 0 Å². The van der Waals surface area contributed by atoms with Gasteiger partial charge in [-0.15, -0.1) is 0 Å². The average molecular weight is 314 g/mol. The molecule has 0 saturated heterocycles. The van der Waals surface area contributed by atoms with Gasteiger partial charge < -0.3 is 9.30 Å². The van der Waals surface area contributed by atoms with Crippen LogP contribution in [0.3, 0.4) is 0 Å². The lowest BCUT2D eigenvalue weighted by Gasteiger charge is -2.06. The Morgan fingerprint density at radius 1 is 1.47 bits per heavy atom. The molecule has 0 aliphatic rings. The molecule has 1 aromatic carbocycles. The summed E-state index contributed by atoms with van der Waals surface area (Å²) in [5.41, 5.74) is 1.21. The molecule has 4 heteroatoms. The summed E-state index contributed by atoms with van der Waals surface area (Å²) < 4.78 is 8.27. The monoisotopic (exact) mass is 314 g/mol. The molecular weight excluding hydrogens is 303 g/mol. The predicted molar refractivity (Wildman–Crippen MR) is 67.0 cm³/mol. The third kappa shape index (κ3) is 2.50. The number of ether oxygens (including phenoxy) is 1. The third-order valence-corrected chi connectivity index (χ3v) is 3.05. The Kier molecular flexibility index (Phi) is 3.25. The van der Waals surface area contributed by atoms with E-state index in [1.807, 2.05) is 30.6 Å². The highest BCUT2D eigenvalue weighted by molar-refractivity contribution is 14.1. The molecule has 0 atom stereocenters. The first-order valence-electron chi connectivity index (χ1n) is 4.59. The normalized spacial score (nSPS) is 10.3. The van der Waals surface area contributed by atoms with Crippen molar-refractivity contribution in [3.05, 3.63) is 46.1 Å². The van der Waals surface area contributed by atoms with Crippen LogP contribution in [0, 0.1) is 3.83 Å². The van der Waals surface area contributed by atoms with Gasteiger partial charge in [0.05, 0.1) is 7.11 Å². The molecule has 0 aliphatic heterocycles. The van der Waals surface area contributed by atoms with E-state index in [0.717, 1.165) is 16.1 Å². The first-order valence-corrected chi connectivity index (χ1v) is 5.67. The molecule has 15 heavy (non-hydrogen) atoms.